The van der Waals surface area contributed by atoms with Crippen molar-refractivity contribution in [3.05, 3.63) is 79.5 Å². The number of carbonyl (C=O) groups is 1. The number of carbonyl (C=O) groups excluding carboxylic acids is 1. The molecule has 1 amide bonds. The molecule has 0 aliphatic carbocycles. The average molecular weight is 600 g/mol. The van der Waals surface area contributed by atoms with E-state index in [1.165, 1.54) is 0 Å². The highest BCUT2D eigenvalue weighted by Gasteiger charge is 2.26. The van der Waals surface area contributed by atoms with Crippen LogP contribution in [-0.4, -0.2) is 54.3 Å². The van der Waals surface area contributed by atoms with Gasteiger partial charge in [-0.25, -0.2) is 4.79 Å². The van der Waals surface area contributed by atoms with Crippen molar-refractivity contribution < 1.29 is 13.9 Å². The fraction of sp³-hybridized carbons (Fsp3) is 0.200. The number of benzene rings is 2. The molecule has 10 heteroatoms. The van der Waals surface area contributed by atoms with E-state index in [2.05, 4.69) is 47.0 Å². The third-order valence-corrected chi connectivity index (χ3v) is 6.94. The van der Waals surface area contributed by atoms with Gasteiger partial charge in [-0.15, -0.1) is 10.2 Å². The lowest BCUT2D eigenvalue weighted by Crippen LogP contribution is -2.49. The fourth-order valence-electron chi connectivity index (χ4n) is 4.05. The summed E-state index contributed by atoms with van der Waals surface area (Å²) in [6.45, 7) is 2.07. The Morgan fingerprint density at radius 3 is 2.51 bits per heavy atom. The largest absolute Gasteiger partial charge is 0.497 e. The molecule has 178 valence electrons. The first kappa shape index (κ1) is 23.5. The van der Waals surface area contributed by atoms with Crippen LogP contribution in [0.25, 0.3) is 22.2 Å². The van der Waals surface area contributed by atoms with E-state index in [1.807, 2.05) is 42.5 Å². The Morgan fingerprint density at radius 1 is 1.00 bits per heavy atom. The van der Waals surface area contributed by atoms with Crippen molar-refractivity contribution in [1.29, 1.82) is 0 Å². The Hall–Kier alpha value is -3.24. The van der Waals surface area contributed by atoms with Crippen LogP contribution in [0, 0.1) is 0 Å². The lowest BCUT2D eigenvalue weighted by atomic mass is 10.1. The Balaban J connectivity index is 1.28. The average Bonchev–Trinajstić information content (AvgIpc) is 2.88. The van der Waals surface area contributed by atoms with Crippen LogP contribution in [0.4, 0.5) is 5.82 Å². The molecule has 2 aromatic heterocycles. The molecule has 2 aromatic carbocycles. The molecule has 1 fully saturated rings. The van der Waals surface area contributed by atoms with Crippen molar-refractivity contribution >= 4 is 54.6 Å². The minimum absolute atomic E-state index is 0.0263. The molecule has 0 unspecified atom stereocenters. The zero-order valence-corrected chi connectivity index (χ0v) is 21.9. The topological polar surface area (TPSA) is 88.8 Å². The van der Waals surface area contributed by atoms with Gasteiger partial charge in [-0.3, -0.25) is 4.79 Å². The maximum Gasteiger partial charge on any atom is 0.349 e. The van der Waals surface area contributed by atoms with Crippen LogP contribution in [-0.2, 0) is 0 Å². The Morgan fingerprint density at radius 2 is 1.80 bits per heavy atom. The van der Waals surface area contributed by atoms with E-state index in [1.54, 1.807) is 24.1 Å². The number of ether oxygens (including phenoxy) is 1. The van der Waals surface area contributed by atoms with Crippen molar-refractivity contribution in [2.45, 2.75) is 0 Å². The SMILES string of the molecule is COc1cccc(-c2ccc(N3CCN(C(=O)c4cc5cc(Br)cc(Br)c5oc4=O)CC3)nn2)c1. The summed E-state index contributed by atoms with van der Waals surface area (Å²) in [7, 11) is 1.63. The first-order chi connectivity index (χ1) is 16.9. The lowest BCUT2D eigenvalue weighted by Gasteiger charge is -2.35. The molecule has 4 aromatic rings. The molecular weight excluding hydrogens is 580 g/mol. The monoisotopic (exact) mass is 598 g/mol. The van der Waals surface area contributed by atoms with Gasteiger partial charge in [0.1, 0.15) is 11.3 Å². The smallest absolute Gasteiger partial charge is 0.349 e. The fourth-order valence-corrected chi connectivity index (χ4v) is 5.38. The van der Waals surface area contributed by atoms with Gasteiger partial charge >= 0.3 is 5.63 Å². The molecule has 0 saturated carbocycles. The minimum Gasteiger partial charge on any atom is -0.497 e. The van der Waals surface area contributed by atoms with Gasteiger partial charge in [0.25, 0.3) is 5.91 Å². The zero-order valence-electron chi connectivity index (χ0n) is 18.7. The predicted molar refractivity (Wildman–Crippen MR) is 140 cm³/mol. The number of piperazine rings is 1. The molecule has 0 radical (unpaired) electrons. The van der Waals surface area contributed by atoms with Gasteiger partial charge in [-0.05, 0) is 58.4 Å². The molecule has 0 bridgehead atoms. The third-order valence-electron chi connectivity index (χ3n) is 5.89. The molecular formula is C25H20Br2N4O4. The van der Waals surface area contributed by atoms with Gasteiger partial charge < -0.3 is 19.0 Å². The first-order valence-corrected chi connectivity index (χ1v) is 12.5. The van der Waals surface area contributed by atoms with Gasteiger partial charge in [0, 0.05) is 41.6 Å². The van der Waals surface area contributed by atoms with E-state index in [9.17, 15) is 9.59 Å². The Labute approximate surface area is 217 Å². The van der Waals surface area contributed by atoms with Gasteiger partial charge in [-0.1, -0.05) is 28.1 Å². The van der Waals surface area contributed by atoms with Crippen LogP contribution in [0.2, 0.25) is 0 Å². The van der Waals surface area contributed by atoms with Crippen molar-refractivity contribution in [2.75, 3.05) is 38.2 Å². The molecule has 5 rings (SSSR count). The van der Waals surface area contributed by atoms with E-state index < -0.39 is 5.63 Å². The number of rotatable bonds is 4. The molecule has 0 spiro atoms. The summed E-state index contributed by atoms with van der Waals surface area (Å²) in [5.41, 5.74) is 1.47. The number of halogens is 2. The molecule has 1 saturated heterocycles. The minimum atomic E-state index is -0.646. The van der Waals surface area contributed by atoms with E-state index >= 15 is 0 Å². The number of aromatic nitrogens is 2. The summed E-state index contributed by atoms with van der Waals surface area (Å²) in [6, 6.07) is 16.7. The van der Waals surface area contributed by atoms with Gasteiger partial charge in [0.05, 0.1) is 17.3 Å². The van der Waals surface area contributed by atoms with Crippen LogP contribution in [0.3, 0.4) is 0 Å². The second-order valence-corrected chi connectivity index (χ2v) is 9.81. The molecule has 1 aliphatic heterocycles. The van der Waals surface area contributed by atoms with Gasteiger partial charge in [-0.2, -0.15) is 0 Å². The zero-order chi connectivity index (χ0) is 24.5. The second kappa shape index (κ2) is 9.79. The van der Waals surface area contributed by atoms with Gasteiger partial charge in [0.15, 0.2) is 11.4 Å². The van der Waals surface area contributed by atoms with Crippen molar-refractivity contribution in [2.24, 2.45) is 0 Å². The lowest BCUT2D eigenvalue weighted by molar-refractivity contribution is 0.0742. The quantitative estimate of drug-likeness (QED) is 0.313. The Kier molecular flexibility index (Phi) is 6.57. The highest BCUT2D eigenvalue weighted by atomic mass is 79.9. The number of nitrogens with zero attached hydrogens (tertiary/aromatic N) is 4. The molecule has 3 heterocycles. The van der Waals surface area contributed by atoms with Gasteiger partial charge in [0.2, 0.25) is 0 Å². The number of anilines is 1. The Bertz CT molecular complexity index is 1470. The summed E-state index contributed by atoms with van der Waals surface area (Å²) in [5, 5.41) is 9.42. The van der Waals surface area contributed by atoms with Crippen LogP contribution in [0.5, 0.6) is 5.75 Å². The molecule has 8 nitrogen and oxygen atoms in total. The first-order valence-electron chi connectivity index (χ1n) is 10.9. The second-order valence-electron chi connectivity index (χ2n) is 8.04. The van der Waals surface area contributed by atoms with Crippen molar-refractivity contribution in [3.8, 4) is 17.0 Å². The van der Waals surface area contributed by atoms with Crippen LogP contribution < -0.4 is 15.3 Å². The normalized spacial score (nSPS) is 13.8. The van der Waals surface area contributed by atoms with E-state index in [0.29, 0.717) is 41.6 Å². The van der Waals surface area contributed by atoms with Crippen LogP contribution >= 0.6 is 31.9 Å². The highest BCUT2D eigenvalue weighted by molar-refractivity contribution is 9.11. The predicted octanol–water partition coefficient (Wildman–Crippen LogP) is 4.75. The summed E-state index contributed by atoms with van der Waals surface area (Å²) in [6.07, 6.45) is 0. The number of fused-ring (bicyclic) bond motifs is 1. The number of methoxy groups -OCH3 is 1. The molecule has 35 heavy (non-hydrogen) atoms. The van der Waals surface area contributed by atoms with E-state index in [0.717, 1.165) is 27.3 Å². The highest BCUT2D eigenvalue weighted by Crippen LogP contribution is 2.28. The van der Waals surface area contributed by atoms with Crippen LogP contribution in [0.1, 0.15) is 10.4 Å². The third kappa shape index (κ3) is 4.81. The summed E-state index contributed by atoms with van der Waals surface area (Å²) < 4.78 is 12.2. The van der Waals surface area contributed by atoms with Crippen LogP contribution in [0.15, 0.2) is 72.8 Å². The molecule has 1 aliphatic rings. The van der Waals surface area contributed by atoms with E-state index in [-0.39, 0.29) is 11.5 Å². The number of amides is 1. The van der Waals surface area contributed by atoms with Crippen molar-refractivity contribution in [1.82, 2.24) is 15.1 Å². The molecule has 0 N–H and O–H groups in total. The standard InChI is InChI=1S/C25H20Br2N4O4/c1-34-18-4-2-3-15(12-18)21-5-6-22(29-28-21)30-7-9-31(10-8-30)24(32)19-13-16-11-17(26)14-20(27)23(16)35-25(19)33/h2-6,11-14H,7-10H2,1H3. The number of hydrogen-bond donors (Lipinski definition) is 0. The maximum atomic E-state index is 13.1. The maximum absolute atomic E-state index is 13.1. The molecule has 0 atom stereocenters. The van der Waals surface area contributed by atoms with E-state index in [4.69, 9.17) is 9.15 Å². The summed E-state index contributed by atoms with van der Waals surface area (Å²) in [5.74, 6) is 1.16. The van der Waals surface area contributed by atoms with Crippen molar-refractivity contribution in [3.63, 3.8) is 0 Å². The number of hydrogen-bond acceptors (Lipinski definition) is 7. The summed E-state index contributed by atoms with van der Waals surface area (Å²) in [4.78, 5) is 29.4. The summed E-state index contributed by atoms with van der Waals surface area (Å²) >= 11 is 6.82.